The summed E-state index contributed by atoms with van der Waals surface area (Å²) in [4.78, 5) is 15.8. The van der Waals surface area contributed by atoms with Crippen LogP contribution in [0.3, 0.4) is 0 Å². The second kappa shape index (κ2) is 6.35. The molecule has 27 heavy (non-hydrogen) atoms. The molecular formula is C20H23N7. The molecule has 1 aliphatic rings. The fraction of sp³-hybridized carbons (Fsp3) is 0.200. The average Bonchev–Trinajstić information content (AvgIpc) is 3.32. The summed E-state index contributed by atoms with van der Waals surface area (Å²) in [5, 5.41) is 4.34. The van der Waals surface area contributed by atoms with E-state index < -0.39 is 0 Å². The van der Waals surface area contributed by atoms with Crippen LogP contribution in [0.25, 0.3) is 16.9 Å². The van der Waals surface area contributed by atoms with E-state index in [-0.39, 0.29) is 2.85 Å². The van der Waals surface area contributed by atoms with Gasteiger partial charge in [-0.25, -0.2) is 19.5 Å². The van der Waals surface area contributed by atoms with Crippen LogP contribution < -0.4 is 10.6 Å². The van der Waals surface area contributed by atoms with Crippen LogP contribution in [0.5, 0.6) is 0 Å². The maximum atomic E-state index is 6.16. The molecule has 0 amide bonds. The number of anilines is 2. The van der Waals surface area contributed by atoms with Crippen molar-refractivity contribution in [2.24, 2.45) is 0 Å². The van der Waals surface area contributed by atoms with E-state index in [9.17, 15) is 0 Å². The average molecular weight is 361 g/mol. The number of benzene rings is 1. The molecule has 0 saturated carbocycles. The monoisotopic (exact) mass is 361 g/mol. The molecule has 0 spiro atoms. The molecule has 5 rings (SSSR count). The number of hydrogen-bond acceptors (Lipinski definition) is 6. The number of rotatable bonds is 3. The molecule has 4 aromatic rings. The molecule has 1 aliphatic heterocycles. The largest absolute Gasteiger partial charge is 0.382 e. The van der Waals surface area contributed by atoms with E-state index in [0.717, 1.165) is 36.5 Å². The van der Waals surface area contributed by atoms with Crippen molar-refractivity contribution in [1.82, 2.24) is 24.6 Å². The van der Waals surface area contributed by atoms with E-state index in [1.807, 2.05) is 24.4 Å². The van der Waals surface area contributed by atoms with E-state index in [2.05, 4.69) is 49.2 Å². The summed E-state index contributed by atoms with van der Waals surface area (Å²) < 4.78 is 1.68. The second-order valence-corrected chi connectivity index (χ2v) is 6.67. The first-order valence-electron chi connectivity index (χ1n) is 9.04. The zero-order valence-electron chi connectivity index (χ0n) is 14.7. The van der Waals surface area contributed by atoms with Gasteiger partial charge in [0.15, 0.2) is 11.5 Å². The third-order valence-electron chi connectivity index (χ3n) is 5.06. The molecule has 7 nitrogen and oxygen atoms in total. The Bertz CT molecular complexity index is 1100. The van der Waals surface area contributed by atoms with E-state index >= 15 is 0 Å². The van der Waals surface area contributed by atoms with Gasteiger partial charge in [0.2, 0.25) is 0 Å². The van der Waals surface area contributed by atoms with Crippen LogP contribution in [-0.2, 0) is 0 Å². The summed E-state index contributed by atoms with van der Waals surface area (Å²) in [6, 6.07) is 14.7. The van der Waals surface area contributed by atoms with Crippen molar-refractivity contribution in [3.63, 3.8) is 0 Å². The first-order chi connectivity index (χ1) is 13.3. The van der Waals surface area contributed by atoms with Gasteiger partial charge in [-0.05, 0) is 24.5 Å². The number of hydrogen-bond donors (Lipinski definition) is 1. The van der Waals surface area contributed by atoms with Crippen molar-refractivity contribution in [2.75, 3.05) is 17.2 Å². The molecule has 3 aromatic heterocycles. The zero-order chi connectivity index (χ0) is 18.2. The summed E-state index contributed by atoms with van der Waals surface area (Å²) in [6.45, 7) is 0.971. The van der Waals surface area contributed by atoms with Crippen molar-refractivity contribution in [3.05, 3.63) is 66.7 Å². The Morgan fingerprint density at radius 1 is 1.07 bits per heavy atom. The zero-order valence-corrected chi connectivity index (χ0v) is 14.7. The number of nitrogens with zero attached hydrogens (tertiary/aromatic N) is 6. The Hall–Kier alpha value is -3.48. The van der Waals surface area contributed by atoms with Crippen molar-refractivity contribution in [3.8, 4) is 11.3 Å². The second-order valence-electron chi connectivity index (χ2n) is 6.67. The van der Waals surface area contributed by atoms with Gasteiger partial charge in [0.1, 0.15) is 12.1 Å². The quantitative estimate of drug-likeness (QED) is 0.600. The van der Waals surface area contributed by atoms with E-state index in [1.165, 1.54) is 5.56 Å². The first-order valence-corrected chi connectivity index (χ1v) is 9.04. The highest BCUT2D eigenvalue weighted by atomic mass is 15.3. The molecule has 138 valence electrons. The van der Waals surface area contributed by atoms with Gasteiger partial charge >= 0.3 is 0 Å². The molecule has 1 fully saturated rings. The smallest absolute Gasteiger partial charge is 0.166 e. The molecule has 2 N–H and O–H groups in total. The van der Waals surface area contributed by atoms with Crippen LogP contribution in [0.2, 0.25) is 0 Å². The minimum absolute atomic E-state index is 0. The van der Waals surface area contributed by atoms with Gasteiger partial charge in [-0.15, -0.1) is 5.10 Å². The summed E-state index contributed by atoms with van der Waals surface area (Å²) in [5.74, 6) is 1.32. The predicted octanol–water partition coefficient (Wildman–Crippen LogP) is 3.60. The van der Waals surface area contributed by atoms with E-state index in [0.29, 0.717) is 17.5 Å². The standard InChI is InChI=1S/C20H19N7.2H2/c21-19-18(20-22-9-5-11-27(20)25-19)15-12-17(24-13-23-15)26-10-4-8-16(26)14-6-2-1-3-7-14;;/h1-3,5-7,9,11-13,16H,4,8,10H2,(H2,21,25);2*1H. The number of fused-ring (bicyclic) bond motifs is 1. The number of nitrogen functional groups attached to an aromatic ring is 1. The van der Waals surface area contributed by atoms with E-state index in [4.69, 9.17) is 5.73 Å². The van der Waals surface area contributed by atoms with Crippen molar-refractivity contribution >= 4 is 17.3 Å². The molecule has 1 atom stereocenters. The lowest BCUT2D eigenvalue weighted by molar-refractivity contribution is 0.711. The maximum Gasteiger partial charge on any atom is 0.166 e. The van der Waals surface area contributed by atoms with Crippen LogP contribution in [0.1, 0.15) is 27.3 Å². The van der Waals surface area contributed by atoms with Gasteiger partial charge < -0.3 is 10.6 Å². The molecule has 0 radical (unpaired) electrons. The summed E-state index contributed by atoms with van der Waals surface area (Å²) in [6.07, 6.45) is 7.41. The highest BCUT2D eigenvalue weighted by Gasteiger charge is 2.27. The highest BCUT2D eigenvalue weighted by Crippen LogP contribution is 2.36. The first kappa shape index (κ1) is 15.7. The molecule has 7 heteroatoms. The Morgan fingerprint density at radius 3 is 2.85 bits per heavy atom. The molecule has 4 heterocycles. The van der Waals surface area contributed by atoms with Gasteiger partial charge in [0, 0.05) is 27.9 Å². The lowest BCUT2D eigenvalue weighted by Gasteiger charge is -2.26. The molecule has 1 unspecified atom stereocenters. The predicted molar refractivity (Wildman–Crippen MR) is 108 cm³/mol. The topological polar surface area (TPSA) is 85.2 Å². The van der Waals surface area contributed by atoms with Crippen molar-refractivity contribution in [1.29, 1.82) is 0 Å². The van der Waals surface area contributed by atoms with Crippen LogP contribution >= 0.6 is 0 Å². The van der Waals surface area contributed by atoms with Gasteiger partial charge in [-0.2, -0.15) is 0 Å². The Balaban J connectivity index is 0.00000120. The Kier molecular flexibility index (Phi) is 3.71. The Labute approximate surface area is 159 Å². The number of nitrogens with two attached hydrogens (primary N) is 1. The van der Waals surface area contributed by atoms with Crippen LogP contribution in [0.4, 0.5) is 11.6 Å². The molecule has 1 saturated heterocycles. The third-order valence-corrected chi connectivity index (χ3v) is 5.06. The van der Waals surface area contributed by atoms with Gasteiger partial charge in [-0.3, -0.25) is 0 Å². The van der Waals surface area contributed by atoms with Gasteiger partial charge in [0.25, 0.3) is 0 Å². The fourth-order valence-electron chi connectivity index (χ4n) is 3.85. The lowest BCUT2D eigenvalue weighted by Crippen LogP contribution is -2.23. The molecule has 0 bridgehead atoms. The third kappa shape index (κ3) is 2.68. The summed E-state index contributed by atoms with van der Waals surface area (Å²) >= 11 is 0. The van der Waals surface area contributed by atoms with Crippen LogP contribution in [0, 0.1) is 0 Å². The highest BCUT2D eigenvalue weighted by molar-refractivity contribution is 5.85. The van der Waals surface area contributed by atoms with Crippen LogP contribution in [0.15, 0.2) is 61.2 Å². The summed E-state index contributed by atoms with van der Waals surface area (Å²) in [5.41, 5.74) is 9.65. The maximum absolute atomic E-state index is 6.16. The molecular weight excluding hydrogens is 338 g/mol. The van der Waals surface area contributed by atoms with Crippen molar-refractivity contribution < 1.29 is 2.85 Å². The summed E-state index contributed by atoms with van der Waals surface area (Å²) in [7, 11) is 0. The lowest BCUT2D eigenvalue weighted by atomic mass is 10.0. The number of aromatic nitrogens is 5. The fourth-order valence-corrected chi connectivity index (χ4v) is 3.85. The SMILES string of the molecule is Nc1nn2cccnc2c1-c1cc(N2CCCC2c2ccccc2)ncn1.[HH].[HH]. The molecule has 0 aliphatic carbocycles. The Morgan fingerprint density at radius 2 is 1.96 bits per heavy atom. The minimum atomic E-state index is 0. The van der Waals surface area contributed by atoms with E-state index in [1.54, 1.807) is 17.0 Å². The van der Waals surface area contributed by atoms with Crippen molar-refractivity contribution in [2.45, 2.75) is 18.9 Å². The van der Waals surface area contributed by atoms with Gasteiger partial charge in [0.05, 0.1) is 17.3 Å². The normalized spacial score (nSPS) is 16.9. The molecule has 1 aromatic carbocycles. The minimum Gasteiger partial charge on any atom is -0.382 e. The van der Waals surface area contributed by atoms with Crippen LogP contribution in [-0.4, -0.2) is 31.1 Å². The van der Waals surface area contributed by atoms with Gasteiger partial charge in [-0.1, -0.05) is 30.3 Å².